The fourth-order valence-electron chi connectivity index (χ4n) is 8.19. The largest absolute Gasteiger partial charge is 0.496 e. The van der Waals surface area contributed by atoms with Gasteiger partial charge in [0.15, 0.2) is 9.84 Å². The third-order valence-electron chi connectivity index (χ3n) is 12.3. The first-order valence-electron chi connectivity index (χ1n) is 23.6. The number of nitrogen functional groups attached to an aromatic ring is 2. The molecule has 0 aromatic heterocycles. The van der Waals surface area contributed by atoms with Crippen LogP contribution < -0.4 is 36.6 Å². The highest BCUT2D eigenvalue weighted by Crippen LogP contribution is 2.36. The van der Waals surface area contributed by atoms with E-state index < -0.39 is 9.84 Å². The van der Waals surface area contributed by atoms with E-state index in [2.05, 4.69) is 64.3 Å². The van der Waals surface area contributed by atoms with Crippen molar-refractivity contribution in [1.29, 1.82) is 0 Å². The summed E-state index contributed by atoms with van der Waals surface area (Å²) in [4.78, 5) is 31.1. The normalized spacial score (nSPS) is 11.2. The average molecular weight is 974 g/mol. The van der Waals surface area contributed by atoms with Crippen molar-refractivity contribution < 1.29 is 22.7 Å². The molecule has 69 heavy (non-hydrogen) atoms. The topological polar surface area (TPSA) is 160 Å². The summed E-state index contributed by atoms with van der Waals surface area (Å²) < 4.78 is 29.3. The van der Waals surface area contributed by atoms with Gasteiger partial charge >= 0.3 is 12.1 Å². The molecular formula is C56H69ClN6O5S. The maximum absolute atomic E-state index is 13.8. The van der Waals surface area contributed by atoms with Crippen molar-refractivity contribution in [3.05, 3.63) is 165 Å². The predicted octanol–water partition coefficient (Wildman–Crippen LogP) is 13.6. The Kier molecular flexibility index (Phi) is 18.7. The maximum Gasteiger partial charge on any atom is 0.326 e. The van der Waals surface area contributed by atoms with Gasteiger partial charge in [-0.2, -0.15) is 0 Å². The summed E-state index contributed by atoms with van der Waals surface area (Å²) in [5.41, 5.74) is 24.6. The standard InChI is InChI=1S/C28H34ClN3O3S.C28H35N3O2/c1-6-23-25(29)16-26(30)24(7-2)27(23)31-28(33)32(21-12-10-20(11-13-21)18(3)4)17-19-8-14-22(15-9-19)36(5,34)35;1-6-20-14-17-25(29)24(7-2)27(20)30-28(32)31(18-22-10-8-9-11-26(22)33-5)23-15-12-21(13-16-23)19(3)4/h8-16,18H,6-7,17,30H2,1-5H3,(H,31,33);8-17,19H,6-7,18,29H2,1-5H3,(H,30,32). The molecular weight excluding hydrogens is 904 g/mol. The number of hydrogen-bond acceptors (Lipinski definition) is 7. The molecule has 0 saturated carbocycles. The van der Waals surface area contributed by atoms with Gasteiger partial charge in [-0.15, -0.1) is 0 Å². The van der Waals surface area contributed by atoms with E-state index in [9.17, 15) is 18.0 Å². The summed E-state index contributed by atoms with van der Waals surface area (Å²) in [5.74, 6) is 1.53. The van der Waals surface area contributed by atoms with E-state index in [1.165, 1.54) is 17.4 Å². The van der Waals surface area contributed by atoms with Crippen LogP contribution in [0.2, 0.25) is 5.02 Å². The van der Waals surface area contributed by atoms with Crippen LogP contribution in [-0.4, -0.2) is 33.8 Å². The molecule has 6 aromatic carbocycles. The second kappa shape index (κ2) is 24.2. The Morgan fingerprint density at radius 2 is 1.10 bits per heavy atom. The average Bonchev–Trinajstić information content (AvgIpc) is 3.33. The van der Waals surface area contributed by atoms with E-state index in [-0.39, 0.29) is 23.5 Å². The molecule has 0 unspecified atom stereocenters. The quantitative estimate of drug-likeness (QED) is 0.0702. The van der Waals surface area contributed by atoms with Crippen LogP contribution in [0, 0.1) is 0 Å². The van der Waals surface area contributed by atoms with Crippen molar-refractivity contribution in [1.82, 2.24) is 0 Å². The van der Waals surface area contributed by atoms with Crippen molar-refractivity contribution in [3.63, 3.8) is 0 Å². The van der Waals surface area contributed by atoms with Gasteiger partial charge in [0.2, 0.25) is 0 Å². The summed E-state index contributed by atoms with van der Waals surface area (Å²) in [5, 5.41) is 6.78. The van der Waals surface area contributed by atoms with Crippen LogP contribution in [0.3, 0.4) is 0 Å². The summed E-state index contributed by atoms with van der Waals surface area (Å²) in [7, 11) is -1.66. The van der Waals surface area contributed by atoms with Crippen molar-refractivity contribution in [2.45, 2.75) is 111 Å². The van der Waals surface area contributed by atoms with E-state index >= 15 is 0 Å². The number of amides is 4. The Bertz CT molecular complexity index is 2790. The molecule has 4 amide bonds. The number of anilines is 6. The van der Waals surface area contributed by atoms with Gasteiger partial charge in [-0.3, -0.25) is 9.80 Å². The molecule has 0 heterocycles. The Balaban J connectivity index is 0.000000258. The van der Waals surface area contributed by atoms with Crippen LogP contribution in [0.25, 0.3) is 0 Å². The Morgan fingerprint density at radius 3 is 1.58 bits per heavy atom. The first-order chi connectivity index (χ1) is 32.8. The van der Waals surface area contributed by atoms with Crippen LogP contribution >= 0.6 is 11.6 Å². The molecule has 0 saturated heterocycles. The minimum absolute atomic E-state index is 0.201. The highest BCUT2D eigenvalue weighted by atomic mass is 35.5. The molecule has 6 rings (SSSR count). The number of nitrogens with two attached hydrogens (primary N) is 2. The molecule has 0 radical (unpaired) electrons. The Labute approximate surface area is 415 Å². The third kappa shape index (κ3) is 13.4. The number of sulfone groups is 1. The number of ether oxygens (including phenoxy) is 1. The Morgan fingerprint density at radius 1 is 0.609 bits per heavy atom. The number of para-hydroxylation sites is 1. The number of methoxy groups -OCH3 is 1. The lowest BCUT2D eigenvalue weighted by Crippen LogP contribution is -2.35. The molecule has 0 atom stereocenters. The number of halogens is 1. The fraction of sp³-hybridized carbons (Fsp3) is 0.321. The van der Waals surface area contributed by atoms with E-state index in [0.717, 1.165) is 69.0 Å². The van der Waals surface area contributed by atoms with Gasteiger partial charge < -0.3 is 26.8 Å². The molecule has 0 aliphatic carbocycles. The molecule has 6 aromatic rings. The van der Waals surface area contributed by atoms with Crippen molar-refractivity contribution >= 4 is 67.6 Å². The third-order valence-corrected chi connectivity index (χ3v) is 13.8. The number of benzene rings is 6. The maximum atomic E-state index is 13.8. The first-order valence-corrected chi connectivity index (χ1v) is 25.9. The van der Waals surface area contributed by atoms with Crippen LogP contribution in [0.5, 0.6) is 5.75 Å². The molecule has 0 fully saturated rings. The van der Waals surface area contributed by atoms with Crippen molar-refractivity contribution in [3.8, 4) is 5.75 Å². The van der Waals surface area contributed by atoms with Gasteiger partial charge in [0, 0.05) is 39.6 Å². The van der Waals surface area contributed by atoms with E-state index in [4.69, 9.17) is 27.8 Å². The van der Waals surface area contributed by atoms with Gasteiger partial charge in [0.05, 0.1) is 36.5 Å². The zero-order valence-corrected chi connectivity index (χ0v) is 43.3. The summed E-state index contributed by atoms with van der Waals surface area (Å²) in [6.45, 7) is 17.3. The Hall–Kier alpha value is -6.50. The van der Waals surface area contributed by atoms with E-state index in [1.807, 2.05) is 86.6 Å². The molecule has 0 aliphatic rings. The van der Waals surface area contributed by atoms with Crippen LogP contribution in [0.4, 0.5) is 43.7 Å². The lowest BCUT2D eigenvalue weighted by molar-refractivity contribution is 0.256. The lowest BCUT2D eigenvalue weighted by Gasteiger charge is -2.26. The molecule has 6 N–H and O–H groups in total. The van der Waals surface area contributed by atoms with Gasteiger partial charge in [0.25, 0.3) is 0 Å². The summed E-state index contributed by atoms with van der Waals surface area (Å²) in [6, 6.07) is 35.5. The number of carbonyl (C=O) groups excluding carboxylic acids is 2. The van der Waals surface area contributed by atoms with Gasteiger partial charge in [-0.05, 0) is 131 Å². The number of rotatable bonds is 16. The fourth-order valence-corrected chi connectivity index (χ4v) is 9.17. The molecule has 366 valence electrons. The van der Waals surface area contributed by atoms with Gasteiger partial charge in [-0.1, -0.05) is 128 Å². The zero-order chi connectivity index (χ0) is 50.6. The number of nitrogens with one attached hydrogen (secondary N) is 2. The molecule has 0 aliphatic heterocycles. The molecule has 0 bridgehead atoms. The van der Waals surface area contributed by atoms with Crippen molar-refractivity contribution in [2.24, 2.45) is 0 Å². The van der Waals surface area contributed by atoms with E-state index in [0.29, 0.717) is 53.3 Å². The first kappa shape index (κ1) is 53.5. The minimum atomic E-state index is -3.31. The predicted molar refractivity (Wildman–Crippen MR) is 288 cm³/mol. The monoisotopic (exact) mass is 972 g/mol. The number of aryl methyl sites for hydroxylation is 1. The van der Waals surface area contributed by atoms with Gasteiger partial charge in [-0.25, -0.2) is 18.0 Å². The number of urea groups is 2. The molecule has 11 nitrogen and oxygen atoms in total. The highest BCUT2D eigenvalue weighted by Gasteiger charge is 2.24. The number of nitrogens with zero attached hydrogens (tertiary/aromatic N) is 2. The molecule has 13 heteroatoms. The van der Waals surface area contributed by atoms with Crippen LogP contribution in [0.1, 0.15) is 112 Å². The minimum Gasteiger partial charge on any atom is -0.496 e. The number of hydrogen-bond donors (Lipinski definition) is 4. The SMILES string of the molecule is CCc1c(N)cc(Cl)c(CC)c1NC(=O)N(Cc1ccc(S(C)(=O)=O)cc1)c1ccc(C(C)C)cc1.CCc1ccc(N)c(CC)c1NC(=O)N(Cc1ccccc1OC)c1ccc(C(C)C)cc1. The van der Waals surface area contributed by atoms with Crippen LogP contribution in [0.15, 0.2) is 120 Å². The second-order valence-electron chi connectivity index (χ2n) is 17.6. The second-order valence-corrected chi connectivity index (χ2v) is 20.0. The molecule has 0 spiro atoms. The smallest absolute Gasteiger partial charge is 0.326 e. The van der Waals surface area contributed by atoms with Crippen molar-refractivity contribution in [2.75, 3.05) is 45.3 Å². The highest BCUT2D eigenvalue weighted by molar-refractivity contribution is 7.90. The lowest BCUT2D eigenvalue weighted by atomic mass is 10.0. The van der Waals surface area contributed by atoms with E-state index in [1.54, 1.807) is 47.2 Å². The van der Waals surface area contributed by atoms with Gasteiger partial charge in [0.1, 0.15) is 5.75 Å². The van der Waals surface area contributed by atoms with Crippen LogP contribution in [-0.2, 0) is 48.6 Å². The summed E-state index contributed by atoms with van der Waals surface area (Å²) >= 11 is 6.48. The summed E-state index contributed by atoms with van der Waals surface area (Å²) in [6.07, 6.45) is 3.99. The zero-order valence-electron chi connectivity index (χ0n) is 41.7. The number of carbonyl (C=O) groups is 2.